The summed E-state index contributed by atoms with van der Waals surface area (Å²) >= 11 is 1.75. The number of pyridine rings is 1. The fourth-order valence-electron chi connectivity index (χ4n) is 2.95. The first kappa shape index (κ1) is 13.8. The Labute approximate surface area is 145 Å². The number of hydrogen-bond donors (Lipinski definition) is 0. The number of benzene rings is 2. The molecule has 1 aliphatic carbocycles. The number of aromatic nitrogens is 1. The Morgan fingerprint density at radius 1 is 0.909 bits per heavy atom. The predicted molar refractivity (Wildman–Crippen MR) is 90.3 cm³/mol. The summed E-state index contributed by atoms with van der Waals surface area (Å²) in [6.07, 6.45) is 4.34. The maximum absolute atomic E-state index is 4.84. The molecule has 4 aromatic rings. The largest absolute Gasteiger partial charge is 0.295 e. The van der Waals surface area contributed by atoms with Gasteiger partial charge in [-0.2, -0.15) is 0 Å². The molecule has 0 amide bonds. The predicted octanol–water partition coefficient (Wildman–Crippen LogP) is 5.40. The van der Waals surface area contributed by atoms with Gasteiger partial charge in [-0.3, -0.25) is 4.98 Å². The fraction of sp³-hybridized carbons (Fsp3) is 0. The summed E-state index contributed by atoms with van der Waals surface area (Å²) in [6, 6.07) is 20.3. The summed E-state index contributed by atoms with van der Waals surface area (Å²) in [4.78, 5) is 5.95. The topological polar surface area (TPSA) is 12.9 Å². The van der Waals surface area contributed by atoms with Gasteiger partial charge >= 0.3 is 0 Å². The molecule has 0 unspecified atom stereocenters. The monoisotopic (exact) mass is 477 g/mol. The normalized spacial score (nSPS) is 12.0. The van der Waals surface area contributed by atoms with E-state index >= 15 is 0 Å². The smallest absolute Gasteiger partial charge is 0.0608 e. The van der Waals surface area contributed by atoms with Crippen molar-refractivity contribution in [3.8, 4) is 10.6 Å². The van der Waals surface area contributed by atoms with Gasteiger partial charge in [0.1, 0.15) is 0 Å². The van der Waals surface area contributed by atoms with E-state index in [2.05, 4.69) is 66.7 Å². The van der Waals surface area contributed by atoms with Crippen molar-refractivity contribution in [2.75, 3.05) is 0 Å². The van der Waals surface area contributed by atoms with Crippen LogP contribution in [0.15, 0.2) is 48.5 Å². The van der Waals surface area contributed by atoms with Crippen molar-refractivity contribution < 1.29 is 20.1 Å². The molecule has 1 nitrogen and oxygen atoms in total. The molecule has 0 aliphatic heterocycles. The molecule has 0 saturated heterocycles. The minimum atomic E-state index is 0. The molecule has 1 aliphatic rings. The second-order valence-corrected chi connectivity index (χ2v) is 6.28. The van der Waals surface area contributed by atoms with Crippen molar-refractivity contribution in [1.29, 1.82) is 0 Å². The van der Waals surface area contributed by atoms with Crippen molar-refractivity contribution in [1.82, 2.24) is 4.98 Å². The number of rotatable bonds is 1. The first-order valence-corrected chi connectivity index (χ1v) is 7.73. The molecule has 0 bridgehead atoms. The van der Waals surface area contributed by atoms with Gasteiger partial charge in [0.2, 0.25) is 0 Å². The van der Waals surface area contributed by atoms with Crippen LogP contribution in [0.25, 0.3) is 43.7 Å². The Bertz CT molecular complexity index is 1010. The van der Waals surface area contributed by atoms with Crippen molar-refractivity contribution in [3.05, 3.63) is 65.7 Å². The summed E-state index contributed by atoms with van der Waals surface area (Å²) < 4.78 is 1.26. The standard InChI is InChI=1S/C19H10NS.Ir/c1-2-7-17-13(4-1)11-18(21-17)16-10-14-9-8-12-5-3-6-15(20-16)19(12)14;/h1-10H;/q-1;. The summed E-state index contributed by atoms with van der Waals surface area (Å²) in [6.45, 7) is 0. The molecule has 2 aromatic carbocycles. The summed E-state index contributed by atoms with van der Waals surface area (Å²) in [5, 5.41) is 2.43. The van der Waals surface area contributed by atoms with E-state index in [0.717, 1.165) is 16.1 Å². The zero-order valence-corrected chi connectivity index (χ0v) is 14.7. The third kappa shape index (κ3) is 1.98. The molecule has 2 aromatic heterocycles. The Morgan fingerprint density at radius 3 is 2.68 bits per heavy atom. The maximum Gasteiger partial charge on any atom is 0.0608 e. The molecule has 22 heavy (non-hydrogen) atoms. The second kappa shape index (κ2) is 5.13. The summed E-state index contributed by atoms with van der Waals surface area (Å²) in [7, 11) is 0. The maximum atomic E-state index is 4.84. The van der Waals surface area contributed by atoms with Gasteiger partial charge in [-0.15, -0.1) is 23.6 Å². The third-order valence-electron chi connectivity index (χ3n) is 3.92. The minimum absolute atomic E-state index is 0. The van der Waals surface area contributed by atoms with E-state index in [-0.39, 0.29) is 20.1 Å². The van der Waals surface area contributed by atoms with Crippen molar-refractivity contribution in [2.45, 2.75) is 0 Å². The summed E-state index contributed by atoms with van der Waals surface area (Å²) in [5.74, 6) is 0. The Balaban J connectivity index is 0.00000125. The van der Waals surface area contributed by atoms with Crippen molar-refractivity contribution in [3.63, 3.8) is 0 Å². The summed E-state index contributed by atoms with van der Waals surface area (Å²) in [5.41, 5.74) is 4.61. The molecule has 0 saturated carbocycles. The number of nitrogens with zero attached hydrogens (tertiary/aromatic N) is 1. The van der Waals surface area contributed by atoms with Gasteiger partial charge < -0.3 is 0 Å². The van der Waals surface area contributed by atoms with E-state index in [9.17, 15) is 0 Å². The first-order chi connectivity index (χ1) is 10.4. The van der Waals surface area contributed by atoms with Gasteiger partial charge in [0.05, 0.1) is 5.52 Å². The van der Waals surface area contributed by atoms with Crippen LogP contribution >= 0.6 is 11.3 Å². The third-order valence-corrected chi connectivity index (χ3v) is 5.01. The van der Waals surface area contributed by atoms with Crippen molar-refractivity contribution >= 4 is 44.5 Å². The number of thiophene rings is 1. The Hall–Kier alpha value is -1.80. The van der Waals surface area contributed by atoms with E-state index in [1.54, 1.807) is 11.3 Å². The van der Waals surface area contributed by atoms with Gasteiger partial charge in [0.25, 0.3) is 0 Å². The average Bonchev–Trinajstić information content (AvgIpc) is 3.12. The Kier molecular flexibility index (Phi) is 3.23. The molecule has 0 N–H and O–H groups in total. The first-order valence-electron chi connectivity index (χ1n) is 6.91. The van der Waals surface area contributed by atoms with E-state index in [0.29, 0.717) is 0 Å². The van der Waals surface area contributed by atoms with Gasteiger partial charge in [-0.25, -0.2) is 11.3 Å². The van der Waals surface area contributed by atoms with E-state index in [1.807, 2.05) is 0 Å². The van der Waals surface area contributed by atoms with Gasteiger partial charge in [-0.05, 0) is 26.8 Å². The minimum Gasteiger partial charge on any atom is -0.295 e. The van der Waals surface area contributed by atoms with Crippen LogP contribution < -0.4 is 0 Å². The second-order valence-electron chi connectivity index (χ2n) is 5.22. The molecule has 0 spiro atoms. The van der Waals surface area contributed by atoms with Crippen LogP contribution in [-0.4, -0.2) is 4.98 Å². The van der Waals surface area contributed by atoms with Crippen LogP contribution in [0.5, 0.6) is 0 Å². The van der Waals surface area contributed by atoms with E-state index in [1.165, 1.54) is 26.6 Å². The van der Waals surface area contributed by atoms with E-state index < -0.39 is 0 Å². The zero-order chi connectivity index (χ0) is 13.8. The van der Waals surface area contributed by atoms with Gasteiger partial charge in [0.15, 0.2) is 0 Å². The molecule has 0 atom stereocenters. The van der Waals surface area contributed by atoms with Gasteiger partial charge in [0, 0.05) is 31.2 Å². The molecular formula is C19H10IrNS-. The van der Waals surface area contributed by atoms with Crippen LogP contribution in [0, 0.1) is 6.07 Å². The fourth-order valence-corrected chi connectivity index (χ4v) is 3.91. The number of hydrogen-bond acceptors (Lipinski definition) is 2. The van der Waals surface area contributed by atoms with Gasteiger partial charge in [-0.1, -0.05) is 42.5 Å². The Morgan fingerprint density at radius 2 is 1.77 bits per heavy atom. The number of fused-ring (bicyclic) bond motifs is 1. The molecule has 2 heterocycles. The SMILES string of the molecule is [Ir].[c-]1c(-c2cc3c4c(cccc4n2)C=C3)sc2ccccc12. The van der Waals surface area contributed by atoms with Crippen LogP contribution in [0.2, 0.25) is 0 Å². The molecular weight excluding hydrogens is 467 g/mol. The molecule has 107 valence electrons. The van der Waals surface area contributed by atoms with Crippen LogP contribution in [0.3, 0.4) is 0 Å². The molecule has 0 fully saturated rings. The zero-order valence-electron chi connectivity index (χ0n) is 11.5. The van der Waals surface area contributed by atoms with E-state index in [4.69, 9.17) is 4.98 Å². The molecule has 5 rings (SSSR count). The molecule has 1 radical (unpaired) electrons. The van der Waals surface area contributed by atoms with Crippen LogP contribution in [-0.2, 0) is 20.1 Å². The molecule has 3 heteroatoms. The quantitative estimate of drug-likeness (QED) is 0.295. The van der Waals surface area contributed by atoms with Crippen LogP contribution in [0.1, 0.15) is 11.1 Å². The average molecular weight is 477 g/mol. The van der Waals surface area contributed by atoms with Crippen molar-refractivity contribution in [2.24, 2.45) is 0 Å². The van der Waals surface area contributed by atoms with Crippen LogP contribution in [0.4, 0.5) is 0 Å².